The van der Waals surface area contributed by atoms with Crippen molar-refractivity contribution in [2.45, 2.75) is 34.0 Å². The molecule has 0 N–H and O–H groups in total. The number of para-hydroxylation sites is 1. The van der Waals surface area contributed by atoms with Gasteiger partial charge in [-0.15, -0.1) is 0 Å². The summed E-state index contributed by atoms with van der Waals surface area (Å²) in [6.45, 7) is 9.00. The molecule has 0 bridgehead atoms. The molecule has 0 aliphatic carbocycles. The topological polar surface area (TPSA) is 27.7 Å². The average Bonchev–Trinajstić information content (AvgIpc) is 2.95. The molecule has 1 atom stereocenters. The van der Waals surface area contributed by atoms with Gasteiger partial charge < -0.3 is 14.2 Å². The first-order valence-electron chi connectivity index (χ1n) is 13.1. The summed E-state index contributed by atoms with van der Waals surface area (Å²) in [4.78, 5) is 0. The quantitative estimate of drug-likeness (QED) is 0.116. The zero-order valence-corrected chi connectivity index (χ0v) is 22.7. The molecule has 4 aromatic rings. The molecule has 0 heterocycles. The molecule has 0 fully saturated rings. The van der Waals surface area contributed by atoms with Crippen molar-refractivity contribution in [1.82, 2.24) is 0 Å². The highest BCUT2D eigenvalue weighted by atomic mass is 16.7. The van der Waals surface area contributed by atoms with E-state index in [2.05, 4.69) is 80.6 Å². The summed E-state index contributed by atoms with van der Waals surface area (Å²) in [5.41, 5.74) is 8.03. The molecule has 0 saturated heterocycles. The van der Waals surface area contributed by atoms with Crippen LogP contribution in [0.3, 0.4) is 0 Å². The van der Waals surface area contributed by atoms with Crippen molar-refractivity contribution < 1.29 is 14.2 Å². The molecular weight excluding hydrogens is 468 g/mol. The first kappa shape index (κ1) is 27.0. The maximum absolute atomic E-state index is 6.37. The van der Waals surface area contributed by atoms with E-state index in [1.165, 1.54) is 16.7 Å². The number of hydrogen-bond acceptors (Lipinski definition) is 3. The van der Waals surface area contributed by atoms with Gasteiger partial charge in [0, 0.05) is 11.1 Å². The number of rotatable bonds is 11. The zero-order chi connectivity index (χ0) is 26.7. The van der Waals surface area contributed by atoms with E-state index in [-0.39, 0.29) is 0 Å². The Hall–Kier alpha value is -4.08. The van der Waals surface area contributed by atoms with Crippen molar-refractivity contribution in [1.29, 1.82) is 0 Å². The van der Waals surface area contributed by atoms with Crippen LogP contribution in [0, 0.1) is 0 Å². The van der Waals surface area contributed by atoms with Gasteiger partial charge in [-0.3, -0.25) is 0 Å². The Bertz CT molecular complexity index is 1290. The molecule has 0 saturated carbocycles. The van der Waals surface area contributed by atoms with Gasteiger partial charge in [0.2, 0.25) is 0 Å². The second-order valence-electron chi connectivity index (χ2n) is 9.26. The Morgan fingerprint density at radius 3 is 1.82 bits per heavy atom. The molecule has 0 aromatic heterocycles. The molecule has 0 spiro atoms. The normalized spacial score (nSPS) is 11.8. The van der Waals surface area contributed by atoms with Crippen LogP contribution in [-0.4, -0.2) is 19.5 Å². The smallest absolute Gasteiger partial charge is 0.197 e. The van der Waals surface area contributed by atoms with Gasteiger partial charge >= 0.3 is 0 Å². The Labute approximate surface area is 227 Å². The minimum absolute atomic E-state index is 0.402. The van der Waals surface area contributed by atoms with Gasteiger partial charge in [-0.05, 0) is 62.1 Å². The summed E-state index contributed by atoms with van der Waals surface area (Å²) >= 11 is 0. The highest BCUT2D eigenvalue weighted by Gasteiger charge is 2.14. The van der Waals surface area contributed by atoms with Crippen LogP contribution in [0.5, 0.6) is 11.5 Å². The minimum Gasteiger partial charge on any atom is -0.490 e. The van der Waals surface area contributed by atoms with E-state index in [4.69, 9.17) is 14.2 Å². The van der Waals surface area contributed by atoms with Gasteiger partial charge in [-0.1, -0.05) is 109 Å². The molecule has 194 valence electrons. The summed E-state index contributed by atoms with van der Waals surface area (Å²) in [6, 6.07) is 35.1. The maximum atomic E-state index is 6.37. The molecular formula is C35H36O3. The molecule has 1 unspecified atom stereocenters. The predicted molar refractivity (Wildman–Crippen MR) is 158 cm³/mol. The van der Waals surface area contributed by atoms with Crippen molar-refractivity contribution in [2.24, 2.45) is 0 Å². The van der Waals surface area contributed by atoms with E-state index in [0.29, 0.717) is 13.2 Å². The molecule has 38 heavy (non-hydrogen) atoms. The molecule has 0 amide bonds. The van der Waals surface area contributed by atoms with Crippen LogP contribution >= 0.6 is 0 Å². The van der Waals surface area contributed by atoms with Gasteiger partial charge in [-0.25, -0.2) is 0 Å². The van der Waals surface area contributed by atoms with Crippen LogP contribution < -0.4 is 9.47 Å². The van der Waals surface area contributed by atoms with Gasteiger partial charge in [0.25, 0.3) is 0 Å². The van der Waals surface area contributed by atoms with Crippen molar-refractivity contribution in [3.8, 4) is 33.8 Å². The van der Waals surface area contributed by atoms with E-state index in [1.54, 1.807) is 0 Å². The van der Waals surface area contributed by atoms with E-state index < -0.39 is 6.29 Å². The molecule has 4 rings (SSSR count). The maximum Gasteiger partial charge on any atom is 0.197 e. The largest absolute Gasteiger partial charge is 0.490 e. The predicted octanol–water partition coefficient (Wildman–Crippen LogP) is 9.21. The number of ether oxygens (including phenoxy) is 3. The van der Waals surface area contributed by atoms with Gasteiger partial charge in [0.15, 0.2) is 6.29 Å². The summed E-state index contributed by atoms with van der Waals surface area (Å²) in [6.07, 6.45) is 3.79. The van der Waals surface area contributed by atoms with Crippen molar-refractivity contribution >= 4 is 5.57 Å². The Balaban J connectivity index is 1.40. The summed E-state index contributed by atoms with van der Waals surface area (Å²) in [7, 11) is 0. The fraction of sp³-hybridized carbons (Fsp3) is 0.200. The second-order valence-corrected chi connectivity index (χ2v) is 9.26. The summed E-state index contributed by atoms with van der Waals surface area (Å²) in [5.74, 6) is 1.63. The van der Waals surface area contributed by atoms with Crippen LogP contribution in [0.25, 0.3) is 27.8 Å². The first-order chi connectivity index (χ1) is 18.6. The van der Waals surface area contributed by atoms with Crippen LogP contribution in [0.4, 0.5) is 0 Å². The number of allylic oxidation sites excluding steroid dienone is 4. The standard InChI is InChI=1S/C35H36O3/c1-5-13-32(26(2)3)30-20-22-31(23-21-30)38-27(4)36-24-25-37-35-33(28-14-8-6-9-15-28)18-12-19-34(35)29-16-10-7-11-17-29/h5-23,27H,24-25H2,1-4H3/b13-5+. The Morgan fingerprint density at radius 1 is 0.711 bits per heavy atom. The Morgan fingerprint density at radius 2 is 1.29 bits per heavy atom. The SMILES string of the molecule is C/C=C/C(=C(C)C)c1ccc(OC(C)OCCOc2c(-c3ccccc3)cccc2-c2ccccc2)cc1. The van der Waals surface area contributed by atoms with Crippen molar-refractivity contribution in [3.05, 3.63) is 126 Å². The van der Waals surface area contributed by atoms with Crippen LogP contribution in [0.15, 0.2) is 121 Å². The fourth-order valence-electron chi connectivity index (χ4n) is 4.40. The molecule has 3 heteroatoms. The lowest BCUT2D eigenvalue weighted by Gasteiger charge is -2.19. The molecule has 0 radical (unpaired) electrons. The molecule has 3 nitrogen and oxygen atoms in total. The lowest BCUT2D eigenvalue weighted by Crippen LogP contribution is -2.20. The second kappa shape index (κ2) is 13.5. The summed E-state index contributed by atoms with van der Waals surface area (Å²) in [5, 5.41) is 0. The molecule has 0 aliphatic heterocycles. The van der Waals surface area contributed by atoms with Gasteiger partial charge in [0.05, 0.1) is 6.61 Å². The highest BCUT2D eigenvalue weighted by molar-refractivity contribution is 5.82. The number of hydrogen-bond donors (Lipinski definition) is 0. The van der Waals surface area contributed by atoms with Crippen LogP contribution in [-0.2, 0) is 4.74 Å². The van der Waals surface area contributed by atoms with Gasteiger partial charge in [0.1, 0.15) is 18.1 Å². The lowest BCUT2D eigenvalue weighted by molar-refractivity contribution is -0.0738. The Kier molecular flexibility index (Phi) is 9.55. The zero-order valence-electron chi connectivity index (χ0n) is 22.7. The monoisotopic (exact) mass is 504 g/mol. The third-order valence-corrected chi connectivity index (χ3v) is 6.21. The average molecular weight is 505 g/mol. The van der Waals surface area contributed by atoms with Gasteiger partial charge in [-0.2, -0.15) is 0 Å². The van der Waals surface area contributed by atoms with E-state index in [0.717, 1.165) is 33.8 Å². The van der Waals surface area contributed by atoms with Crippen LogP contribution in [0.1, 0.15) is 33.3 Å². The van der Waals surface area contributed by atoms with Crippen molar-refractivity contribution in [2.75, 3.05) is 13.2 Å². The van der Waals surface area contributed by atoms with Crippen molar-refractivity contribution in [3.63, 3.8) is 0 Å². The van der Waals surface area contributed by atoms with E-state index >= 15 is 0 Å². The third-order valence-electron chi connectivity index (χ3n) is 6.21. The first-order valence-corrected chi connectivity index (χ1v) is 13.1. The lowest BCUT2D eigenvalue weighted by atomic mass is 9.97. The van der Waals surface area contributed by atoms with Crippen LogP contribution in [0.2, 0.25) is 0 Å². The summed E-state index contributed by atoms with van der Waals surface area (Å²) < 4.78 is 18.3. The molecule has 0 aliphatic rings. The highest BCUT2D eigenvalue weighted by Crippen LogP contribution is 2.39. The molecule has 4 aromatic carbocycles. The minimum atomic E-state index is -0.402. The fourth-order valence-corrected chi connectivity index (χ4v) is 4.40. The van der Waals surface area contributed by atoms with E-state index in [9.17, 15) is 0 Å². The van der Waals surface area contributed by atoms with E-state index in [1.807, 2.05) is 62.4 Å². The third kappa shape index (κ3) is 7.02. The number of benzene rings is 4.